The second-order valence-electron chi connectivity index (χ2n) is 5.18. The van der Waals surface area contributed by atoms with Crippen LogP contribution in [0.4, 0.5) is 0 Å². The third kappa shape index (κ3) is 5.46. The Labute approximate surface area is 144 Å². The molecule has 1 aromatic rings. The molecular weight excluding hydrogens is 338 g/mol. The molecule has 0 bridgehead atoms. The Morgan fingerprint density at radius 2 is 1.65 bits per heavy atom. The Morgan fingerprint density at radius 1 is 1.17 bits per heavy atom. The van der Waals surface area contributed by atoms with Gasteiger partial charge in [0, 0.05) is 13.1 Å². The summed E-state index contributed by atoms with van der Waals surface area (Å²) in [5.41, 5.74) is 6.34. The summed E-state index contributed by atoms with van der Waals surface area (Å²) in [5.74, 6) is -0.243. The number of amides is 1. The Morgan fingerprint density at radius 3 is 2.04 bits per heavy atom. The minimum Gasteiger partial charge on any atom is -0.348 e. The number of nitrogens with two attached hydrogens (primary N) is 1. The van der Waals surface area contributed by atoms with Crippen LogP contribution in [0.3, 0.4) is 0 Å². The summed E-state index contributed by atoms with van der Waals surface area (Å²) in [6, 6.07) is 5.74. The molecule has 0 spiro atoms. The largest absolute Gasteiger partial charge is 0.348 e. The van der Waals surface area contributed by atoms with E-state index in [-0.39, 0.29) is 29.3 Å². The van der Waals surface area contributed by atoms with Crippen molar-refractivity contribution < 1.29 is 13.2 Å². The Bertz CT molecular complexity index is 599. The number of hydrogen-bond acceptors (Lipinski definition) is 4. The normalized spacial score (nSPS) is 14.0. The minimum atomic E-state index is -3.45. The van der Waals surface area contributed by atoms with Crippen LogP contribution >= 0.6 is 12.4 Å². The standard InChI is InChI=1S/C15H25N3O3S.ClH/c1-5-18(6-2)22(20,21)14-9-7-13(8-10-14)12(4)17-15(19)11(3)16;/h7-12H,5-6,16H2,1-4H3,(H,17,19);1H/t11-,12?;/m1./s1. The average molecular weight is 364 g/mol. The fraction of sp³-hybridized carbons (Fsp3) is 0.533. The highest BCUT2D eigenvalue weighted by atomic mass is 35.5. The van der Waals surface area contributed by atoms with Gasteiger partial charge in [0.15, 0.2) is 0 Å². The van der Waals surface area contributed by atoms with Gasteiger partial charge in [-0.3, -0.25) is 4.79 Å². The maximum absolute atomic E-state index is 12.4. The molecule has 1 amide bonds. The zero-order chi connectivity index (χ0) is 16.9. The van der Waals surface area contributed by atoms with Crippen molar-refractivity contribution in [2.45, 2.75) is 44.7 Å². The highest BCUT2D eigenvalue weighted by molar-refractivity contribution is 7.89. The lowest BCUT2D eigenvalue weighted by Crippen LogP contribution is -2.39. The number of benzene rings is 1. The average Bonchev–Trinajstić information content (AvgIpc) is 2.48. The molecular formula is C15H26ClN3O3S. The van der Waals surface area contributed by atoms with Gasteiger partial charge in [-0.1, -0.05) is 26.0 Å². The summed E-state index contributed by atoms with van der Waals surface area (Å²) < 4.78 is 26.2. The summed E-state index contributed by atoms with van der Waals surface area (Å²) >= 11 is 0. The van der Waals surface area contributed by atoms with E-state index in [2.05, 4.69) is 5.32 Å². The van der Waals surface area contributed by atoms with E-state index < -0.39 is 16.1 Å². The summed E-state index contributed by atoms with van der Waals surface area (Å²) in [6.45, 7) is 7.92. The van der Waals surface area contributed by atoms with Crippen LogP contribution in [0.2, 0.25) is 0 Å². The summed E-state index contributed by atoms with van der Waals surface area (Å²) in [5, 5.41) is 2.78. The maximum Gasteiger partial charge on any atom is 0.243 e. The van der Waals surface area contributed by atoms with E-state index in [0.29, 0.717) is 13.1 Å². The van der Waals surface area contributed by atoms with Crippen molar-refractivity contribution >= 4 is 28.3 Å². The van der Waals surface area contributed by atoms with Gasteiger partial charge in [0.2, 0.25) is 15.9 Å². The highest BCUT2D eigenvalue weighted by Gasteiger charge is 2.21. The van der Waals surface area contributed by atoms with Gasteiger partial charge in [-0.15, -0.1) is 12.4 Å². The Kier molecular flexibility index (Phi) is 8.76. The molecule has 2 atom stereocenters. The lowest BCUT2D eigenvalue weighted by molar-refractivity contribution is -0.122. The molecule has 23 heavy (non-hydrogen) atoms. The Hall–Kier alpha value is -1.15. The summed E-state index contributed by atoms with van der Waals surface area (Å²) in [4.78, 5) is 11.8. The number of hydrogen-bond donors (Lipinski definition) is 2. The van der Waals surface area contributed by atoms with Crippen LogP contribution in [0.25, 0.3) is 0 Å². The van der Waals surface area contributed by atoms with Crippen LogP contribution in [-0.4, -0.2) is 37.8 Å². The van der Waals surface area contributed by atoms with Crippen LogP contribution in [0.1, 0.15) is 39.3 Å². The fourth-order valence-electron chi connectivity index (χ4n) is 2.07. The molecule has 132 valence electrons. The number of nitrogens with one attached hydrogen (secondary N) is 1. The Balaban J connectivity index is 0.00000484. The van der Waals surface area contributed by atoms with Crippen molar-refractivity contribution in [1.82, 2.24) is 9.62 Å². The van der Waals surface area contributed by atoms with Gasteiger partial charge < -0.3 is 11.1 Å². The monoisotopic (exact) mass is 363 g/mol. The van der Waals surface area contributed by atoms with Crippen molar-refractivity contribution in [3.05, 3.63) is 29.8 Å². The van der Waals surface area contributed by atoms with E-state index in [1.165, 1.54) is 4.31 Å². The lowest BCUT2D eigenvalue weighted by atomic mass is 10.1. The van der Waals surface area contributed by atoms with Crippen molar-refractivity contribution in [3.63, 3.8) is 0 Å². The summed E-state index contributed by atoms with van der Waals surface area (Å²) in [6.07, 6.45) is 0. The molecule has 6 nitrogen and oxygen atoms in total. The van der Waals surface area contributed by atoms with Crippen molar-refractivity contribution in [2.24, 2.45) is 5.73 Å². The first-order valence-electron chi connectivity index (χ1n) is 7.40. The maximum atomic E-state index is 12.4. The van der Waals surface area contributed by atoms with Crippen molar-refractivity contribution in [1.29, 1.82) is 0 Å². The molecule has 8 heteroatoms. The smallest absolute Gasteiger partial charge is 0.243 e. The predicted molar refractivity (Wildman–Crippen MR) is 94.0 cm³/mol. The van der Waals surface area contributed by atoms with Crippen molar-refractivity contribution in [2.75, 3.05) is 13.1 Å². The SMILES string of the molecule is CCN(CC)S(=O)(=O)c1ccc(C(C)NC(=O)[C@@H](C)N)cc1.Cl. The third-order valence-electron chi connectivity index (χ3n) is 3.50. The van der Waals surface area contributed by atoms with E-state index in [1.54, 1.807) is 45.0 Å². The van der Waals surface area contributed by atoms with Gasteiger partial charge in [0.1, 0.15) is 0 Å². The lowest BCUT2D eigenvalue weighted by Gasteiger charge is -2.19. The predicted octanol–water partition coefficient (Wildman–Crippen LogP) is 1.66. The number of carbonyl (C=O) groups excluding carboxylic acids is 1. The van der Waals surface area contributed by atoms with Gasteiger partial charge in [-0.05, 0) is 31.5 Å². The molecule has 0 saturated heterocycles. The highest BCUT2D eigenvalue weighted by Crippen LogP contribution is 2.19. The van der Waals surface area contributed by atoms with E-state index in [1.807, 2.05) is 6.92 Å². The first-order valence-corrected chi connectivity index (χ1v) is 8.84. The molecule has 0 saturated carbocycles. The van der Waals surface area contributed by atoms with Gasteiger partial charge in [-0.2, -0.15) is 4.31 Å². The van der Waals surface area contributed by atoms with E-state index in [4.69, 9.17) is 5.73 Å². The van der Waals surface area contributed by atoms with E-state index in [0.717, 1.165) is 5.56 Å². The van der Waals surface area contributed by atoms with Gasteiger partial charge >= 0.3 is 0 Å². The van der Waals surface area contributed by atoms with E-state index >= 15 is 0 Å². The fourth-order valence-corrected chi connectivity index (χ4v) is 3.53. The van der Waals surface area contributed by atoms with Crippen LogP contribution < -0.4 is 11.1 Å². The topological polar surface area (TPSA) is 92.5 Å². The molecule has 1 rings (SSSR count). The molecule has 1 aromatic carbocycles. The number of nitrogens with zero attached hydrogens (tertiary/aromatic N) is 1. The van der Waals surface area contributed by atoms with E-state index in [9.17, 15) is 13.2 Å². The minimum absolute atomic E-state index is 0. The molecule has 0 radical (unpaired) electrons. The number of rotatable bonds is 7. The number of halogens is 1. The third-order valence-corrected chi connectivity index (χ3v) is 5.56. The molecule has 0 aromatic heterocycles. The first-order chi connectivity index (χ1) is 10.2. The van der Waals surface area contributed by atoms with Crippen molar-refractivity contribution in [3.8, 4) is 0 Å². The van der Waals surface area contributed by atoms with Gasteiger partial charge in [0.05, 0.1) is 17.0 Å². The zero-order valence-corrected chi connectivity index (χ0v) is 15.6. The quantitative estimate of drug-likeness (QED) is 0.770. The van der Waals surface area contributed by atoms with Gasteiger partial charge in [-0.25, -0.2) is 8.42 Å². The molecule has 3 N–H and O–H groups in total. The van der Waals surface area contributed by atoms with Crippen LogP contribution in [0, 0.1) is 0 Å². The molecule has 0 aliphatic heterocycles. The van der Waals surface area contributed by atoms with Crippen LogP contribution in [-0.2, 0) is 14.8 Å². The number of sulfonamides is 1. The first kappa shape index (κ1) is 21.9. The molecule has 0 aliphatic carbocycles. The number of carbonyl (C=O) groups is 1. The van der Waals surface area contributed by atoms with Crippen LogP contribution in [0.15, 0.2) is 29.2 Å². The second kappa shape index (κ2) is 9.22. The van der Waals surface area contributed by atoms with Gasteiger partial charge in [0.25, 0.3) is 0 Å². The molecule has 0 heterocycles. The molecule has 0 fully saturated rings. The summed E-state index contributed by atoms with van der Waals surface area (Å²) in [7, 11) is -3.45. The second-order valence-corrected chi connectivity index (χ2v) is 7.12. The zero-order valence-electron chi connectivity index (χ0n) is 13.9. The molecule has 1 unspecified atom stereocenters. The molecule has 0 aliphatic rings. The van der Waals surface area contributed by atoms with Crippen LogP contribution in [0.5, 0.6) is 0 Å².